The standard InChI is InChI=1S/2C10H9ClN2O2.Hg/c2*11-10-7(4-8(14)15)13-6-3-1-2-5(12)9(6)10;/h2*1-3,13H,4,12H2,(H,14,15);/q;;+2/p-2. The molecule has 0 unspecified atom stereocenters. The Kier molecular flexibility index (Phi) is 6.31. The van der Waals surface area contributed by atoms with Gasteiger partial charge in [-0.3, -0.25) is 0 Å². The van der Waals surface area contributed by atoms with Crippen molar-refractivity contribution in [1.29, 1.82) is 0 Å². The summed E-state index contributed by atoms with van der Waals surface area (Å²) in [6.45, 7) is 0. The first-order valence-electron chi connectivity index (χ1n) is 9.25. The molecule has 0 saturated heterocycles. The number of anilines is 2. The van der Waals surface area contributed by atoms with Crippen LogP contribution in [0.4, 0.5) is 11.4 Å². The number of halogens is 2. The van der Waals surface area contributed by atoms with Crippen molar-refractivity contribution in [3.8, 4) is 0 Å². The van der Waals surface area contributed by atoms with Gasteiger partial charge in [-0.1, -0.05) is 0 Å². The maximum absolute atomic E-state index is 12.2. The molecule has 2 aromatic heterocycles. The summed E-state index contributed by atoms with van der Waals surface area (Å²) < 4.78 is 10.4. The Labute approximate surface area is 199 Å². The van der Waals surface area contributed by atoms with Gasteiger partial charge in [0.1, 0.15) is 0 Å². The molecule has 2 heterocycles. The number of fused-ring (bicyclic) bond motifs is 2. The van der Waals surface area contributed by atoms with Crippen molar-refractivity contribution in [1.82, 2.24) is 9.97 Å². The molecule has 156 valence electrons. The number of nitrogen functional groups attached to an aromatic ring is 2. The van der Waals surface area contributed by atoms with E-state index >= 15 is 0 Å². The molecule has 0 aliphatic carbocycles. The summed E-state index contributed by atoms with van der Waals surface area (Å²) in [5, 5.41) is 2.09. The minimum atomic E-state index is -2.68. The van der Waals surface area contributed by atoms with Crippen LogP contribution >= 0.6 is 23.2 Å². The van der Waals surface area contributed by atoms with Crippen molar-refractivity contribution in [3.05, 3.63) is 57.8 Å². The molecule has 4 aromatic rings. The Hall–Kier alpha value is -2.42. The van der Waals surface area contributed by atoms with E-state index in [0.29, 0.717) is 43.6 Å². The van der Waals surface area contributed by atoms with Gasteiger partial charge in [0.05, 0.1) is 0 Å². The van der Waals surface area contributed by atoms with Crippen LogP contribution in [0.15, 0.2) is 36.4 Å². The normalized spacial score (nSPS) is 10.9. The fourth-order valence-electron chi connectivity index (χ4n) is 3.37. The zero-order chi connectivity index (χ0) is 22.1. The van der Waals surface area contributed by atoms with Gasteiger partial charge in [-0.05, 0) is 0 Å². The van der Waals surface area contributed by atoms with Crippen molar-refractivity contribution in [2.75, 3.05) is 11.5 Å². The van der Waals surface area contributed by atoms with Crippen LogP contribution in [-0.4, -0.2) is 21.9 Å². The predicted molar refractivity (Wildman–Crippen MR) is 115 cm³/mol. The summed E-state index contributed by atoms with van der Waals surface area (Å²) >= 11 is 9.98. The molecule has 0 aliphatic rings. The number of aromatic nitrogens is 2. The van der Waals surface area contributed by atoms with Crippen LogP contribution in [-0.2, 0) is 53.2 Å². The van der Waals surface area contributed by atoms with Crippen LogP contribution in [0.2, 0.25) is 10.0 Å². The number of aromatic amines is 2. The summed E-state index contributed by atoms with van der Waals surface area (Å²) in [7, 11) is 0. The topological polar surface area (TPSA) is 136 Å². The summed E-state index contributed by atoms with van der Waals surface area (Å²) in [6.07, 6.45) is -0.144. The molecule has 11 heteroatoms. The second kappa shape index (κ2) is 8.98. The first-order chi connectivity index (χ1) is 14.8. The van der Waals surface area contributed by atoms with Gasteiger partial charge in [0.2, 0.25) is 0 Å². The van der Waals surface area contributed by atoms with E-state index in [4.69, 9.17) is 40.0 Å². The molecule has 31 heavy (non-hydrogen) atoms. The quantitative estimate of drug-likeness (QED) is 0.185. The van der Waals surface area contributed by atoms with Gasteiger partial charge in [0.15, 0.2) is 0 Å². The maximum atomic E-state index is 12.2. The number of nitrogens with one attached hydrogen (secondary N) is 2. The Morgan fingerprint density at radius 3 is 1.61 bits per heavy atom. The van der Waals surface area contributed by atoms with Crippen molar-refractivity contribution in [3.63, 3.8) is 0 Å². The Bertz CT molecular complexity index is 1220. The number of H-pyrrole nitrogens is 2. The Balaban J connectivity index is 1.32. The molecule has 0 atom stereocenters. The van der Waals surface area contributed by atoms with Crippen LogP contribution in [0.5, 0.6) is 0 Å². The van der Waals surface area contributed by atoms with Crippen molar-refractivity contribution in [2.24, 2.45) is 0 Å². The van der Waals surface area contributed by atoms with Crippen LogP contribution in [0.25, 0.3) is 21.8 Å². The third-order valence-electron chi connectivity index (χ3n) is 4.82. The molecule has 6 N–H and O–H groups in total. The Morgan fingerprint density at radius 2 is 1.23 bits per heavy atom. The molecule has 4 rings (SSSR count). The molecule has 0 spiro atoms. The fraction of sp³-hybridized carbons (Fsp3) is 0.100. The second-order valence-corrected chi connectivity index (χ2v) is 10.8. The predicted octanol–water partition coefficient (Wildman–Crippen LogP) is 3.90. The molecule has 0 saturated carbocycles. The van der Waals surface area contributed by atoms with Crippen LogP contribution in [0.3, 0.4) is 0 Å². The summed E-state index contributed by atoms with van der Waals surface area (Å²) in [4.78, 5) is 30.5. The van der Waals surface area contributed by atoms with Crippen molar-refractivity contribution < 1.29 is 40.4 Å². The number of benzene rings is 2. The minimum absolute atomic E-state index is 0.0718. The van der Waals surface area contributed by atoms with E-state index in [-0.39, 0.29) is 12.8 Å². The third-order valence-corrected chi connectivity index (χ3v) is 9.07. The fourth-order valence-corrected chi connectivity index (χ4v) is 6.07. The number of hydrogen-bond donors (Lipinski definition) is 4. The number of hydrogen-bond acceptors (Lipinski definition) is 6. The molecular weight excluding hydrogens is 632 g/mol. The van der Waals surface area contributed by atoms with Crippen molar-refractivity contribution >= 4 is 68.3 Å². The van der Waals surface area contributed by atoms with Gasteiger partial charge >= 0.3 is 201 Å². The summed E-state index contributed by atoms with van der Waals surface area (Å²) in [5.74, 6) is -1.03. The first-order valence-corrected chi connectivity index (χ1v) is 14.5. The van der Waals surface area contributed by atoms with Crippen LogP contribution in [0.1, 0.15) is 11.4 Å². The van der Waals surface area contributed by atoms with Gasteiger partial charge < -0.3 is 0 Å². The van der Waals surface area contributed by atoms with E-state index in [1.54, 1.807) is 24.3 Å². The number of rotatable bonds is 6. The molecule has 0 aliphatic heterocycles. The van der Waals surface area contributed by atoms with Crippen LogP contribution < -0.4 is 11.5 Å². The molecule has 0 amide bonds. The molecule has 8 nitrogen and oxygen atoms in total. The van der Waals surface area contributed by atoms with E-state index in [1.165, 1.54) is 0 Å². The number of nitrogens with two attached hydrogens (primary N) is 2. The molecule has 0 radical (unpaired) electrons. The van der Waals surface area contributed by atoms with E-state index in [0.717, 1.165) is 11.0 Å². The Morgan fingerprint density at radius 1 is 0.806 bits per heavy atom. The average Bonchev–Trinajstić information content (AvgIpc) is 3.20. The molecule has 0 bridgehead atoms. The van der Waals surface area contributed by atoms with E-state index < -0.39 is 37.4 Å². The van der Waals surface area contributed by atoms with Gasteiger partial charge in [-0.15, -0.1) is 0 Å². The van der Waals surface area contributed by atoms with Gasteiger partial charge in [0, 0.05) is 0 Å². The third kappa shape index (κ3) is 4.46. The van der Waals surface area contributed by atoms with Crippen molar-refractivity contribution in [2.45, 2.75) is 12.8 Å². The summed E-state index contributed by atoms with van der Waals surface area (Å²) in [5.41, 5.74) is 15.4. The second-order valence-electron chi connectivity index (χ2n) is 6.88. The summed E-state index contributed by atoms with van der Waals surface area (Å²) in [6, 6.07) is 10.7. The van der Waals surface area contributed by atoms with E-state index in [9.17, 15) is 9.59 Å². The van der Waals surface area contributed by atoms with Crippen LogP contribution in [0, 0.1) is 0 Å². The zero-order valence-electron chi connectivity index (χ0n) is 16.1. The SMILES string of the molecule is Nc1cccc2[nH]c(CC(=O)[O][Hg][O]C(=O)Cc3[nH]c4cccc(N)c4c3Cl)c(Cl)c12. The van der Waals surface area contributed by atoms with E-state index in [1.807, 2.05) is 12.1 Å². The van der Waals surface area contributed by atoms with Gasteiger partial charge in [0.25, 0.3) is 0 Å². The monoisotopic (exact) mass is 648 g/mol. The average molecular weight is 648 g/mol. The molecular formula is C20H16Cl2HgN4O4. The molecule has 0 fully saturated rings. The first kappa shape index (κ1) is 21.8. The zero-order valence-corrected chi connectivity index (χ0v) is 23.1. The van der Waals surface area contributed by atoms with E-state index in [2.05, 4.69) is 9.97 Å². The number of carbonyl (C=O) groups is 2. The van der Waals surface area contributed by atoms with Gasteiger partial charge in [-0.2, -0.15) is 0 Å². The molecule has 2 aromatic carbocycles. The number of carbonyl (C=O) groups excluding carboxylic acids is 2. The van der Waals surface area contributed by atoms with Gasteiger partial charge in [-0.25, -0.2) is 0 Å².